The zero-order chi connectivity index (χ0) is 28.9. The molecule has 0 radical (unpaired) electrons. The van der Waals surface area contributed by atoms with Crippen LogP contribution < -0.4 is 15.4 Å². The molecule has 2 aliphatic rings. The number of ether oxygens (including phenoxy) is 2. The van der Waals surface area contributed by atoms with E-state index in [1.54, 1.807) is 41.2 Å². The minimum Gasteiger partial charge on any atom is -0.492 e. The number of nitrogens with zero attached hydrogens (tertiary/aromatic N) is 4. The molecule has 2 atom stereocenters. The van der Waals surface area contributed by atoms with Gasteiger partial charge in [0.1, 0.15) is 12.4 Å². The lowest BCUT2D eigenvalue weighted by Gasteiger charge is -2.34. The Labute approximate surface area is 243 Å². The zero-order valence-corrected chi connectivity index (χ0v) is 23.8. The van der Waals surface area contributed by atoms with E-state index < -0.39 is 0 Å². The van der Waals surface area contributed by atoms with Crippen molar-refractivity contribution in [1.29, 1.82) is 0 Å². The third kappa shape index (κ3) is 6.80. The molecular formula is C29H33ClN6O5. The Bertz CT molecular complexity index is 1410. The Kier molecular flexibility index (Phi) is 8.75. The first-order valence-electron chi connectivity index (χ1n) is 13.5. The maximum atomic E-state index is 12.6. The van der Waals surface area contributed by atoms with Gasteiger partial charge in [-0.1, -0.05) is 11.6 Å². The van der Waals surface area contributed by atoms with Crippen molar-refractivity contribution >= 4 is 40.9 Å². The van der Waals surface area contributed by atoms with E-state index in [0.717, 1.165) is 30.8 Å². The molecule has 0 aliphatic carbocycles. The first-order valence-corrected chi connectivity index (χ1v) is 13.9. The molecule has 2 N–H and O–H groups in total. The standard InChI is InChI=1S/C29H33ClN6O5/c1-34-25(11-12-31-34)24-15-21(33-29(39)32-20-5-3-19(30)4-6-20)7-8-26(24)41-14-13-35-17-23-16-22(35)18-36(23)27(37)9-10-28(38)40-2/h3-8,11-12,15,22-23H,9-10,13-14,16-18H2,1-2H3,(H2,32,33,39). The number of piperazine rings is 1. The second-order valence-electron chi connectivity index (χ2n) is 10.1. The van der Waals surface area contributed by atoms with Gasteiger partial charge in [-0.25, -0.2) is 4.79 Å². The number of methoxy groups -OCH3 is 1. The van der Waals surface area contributed by atoms with Gasteiger partial charge < -0.3 is 25.0 Å². The van der Waals surface area contributed by atoms with Gasteiger partial charge in [0.15, 0.2) is 0 Å². The number of nitrogens with one attached hydrogen (secondary N) is 2. The predicted molar refractivity (Wildman–Crippen MR) is 155 cm³/mol. The van der Waals surface area contributed by atoms with Gasteiger partial charge in [0.2, 0.25) is 5.91 Å². The number of hydrogen-bond acceptors (Lipinski definition) is 7. The van der Waals surface area contributed by atoms with E-state index in [1.165, 1.54) is 7.11 Å². The minimum atomic E-state index is -0.376. The van der Waals surface area contributed by atoms with Crippen LogP contribution in [0.3, 0.4) is 0 Å². The van der Waals surface area contributed by atoms with E-state index in [9.17, 15) is 14.4 Å². The van der Waals surface area contributed by atoms with Crippen LogP contribution in [-0.4, -0.2) is 82.9 Å². The zero-order valence-electron chi connectivity index (χ0n) is 23.0. The van der Waals surface area contributed by atoms with Crippen molar-refractivity contribution in [3.05, 3.63) is 59.8 Å². The molecule has 41 heavy (non-hydrogen) atoms. The maximum absolute atomic E-state index is 12.6. The van der Waals surface area contributed by atoms with Crippen LogP contribution in [-0.2, 0) is 21.4 Å². The summed E-state index contributed by atoms with van der Waals surface area (Å²) in [6, 6.07) is 14.4. The number of rotatable bonds is 10. The number of benzene rings is 2. The highest BCUT2D eigenvalue weighted by molar-refractivity contribution is 6.30. The molecule has 2 bridgehead atoms. The molecular weight excluding hydrogens is 548 g/mol. The lowest BCUT2D eigenvalue weighted by atomic mass is 10.1. The second-order valence-corrected chi connectivity index (χ2v) is 10.6. The fourth-order valence-corrected chi connectivity index (χ4v) is 5.58. The quantitative estimate of drug-likeness (QED) is 0.348. The Morgan fingerprint density at radius 2 is 1.76 bits per heavy atom. The lowest BCUT2D eigenvalue weighted by molar-refractivity contribution is -0.144. The number of likely N-dealkylation sites (tertiary alicyclic amines) is 2. The van der Waals surface area contributed by atoms with Gasteiger partial charge in [0.05, 0.1) is 19.2 Å². The number of carbonyl (C=O) groups is 3. The van der Waals surface area contributed by atoms with Crippen molar-refractivity contribution in [2.45, 2.75) is 31.3 Å². The van der Waals surface area contributed by atoms with Gasteiger partial charge in [0, 0.05) is 73.3 Å². The van der Waals surface area contributed by atoms with Crippen LogP contribution in [0, 0.1) is 0 Å². The monoisotopic (exact) mass is 580 g/mol. The highest BCUT2D eigenvalue weighted by atomic mass is 35.5. The van der Waals surface area contributed by atoms with Crippen LogP contribution in [0.4, 0.5) is 16.2 Å². The number of carbonyl (C=O) groups excluding carboxylic acids is 3. The van der Waals surface area contributed by atoms with E-state index in [0.29, 0.717) is 35.3 Å². The Balaban J connectivity index is 1.18. The molecule has 2 fully saturated rings. The van der Waals surface area contributed by atoms with Crippen molar-refractivity contribution in [3.63, 3.8) is 0 Å². The van der Waals surface area contributed by atoms with Gasteiger partial charge in [-0.15, -0.1) is 0 Å². The third-order valence-electron chi connectivity index (χ3n) is 7.52. The molecule has 12 heteroatoms. The predicted octanol–water partition coefficient (Wildman–Crippen LogP) is 4.00. The molecule has 3 heterocycles. The number of amides is 3. The summed E-state index contributed by atoms with van der Waals surface area (Å²) in [5.41, 5.74) is 2.89. The molecule has 1 aromatic heterocycles. The first kappa shape index (κ1) is 28.4. The fourth-order valence-electron chi connectivity index (χ4n) is 5.45. The fraction of sp³-hybridized carbons (Fsp3) is 0.379. The summed E-state index contributed by atoms with van der Waals surface area (Å²) >= 11 is 5.92. The van der Waals surface area contributed by atoms with E-state index in [-0.39, 0.29) is 42.8 Å². The SMILES string of the molecule is COC(=O)CCC(=O)N1CC2CC1CN2CCOc1ccc(NC(=O)Nc2ccc(Cl)cc2)cc1-c1ccnn1C. The number of anilines is 2. The van der Waals surface area contributed by atoms with Crippen molar-refractivity contribution in [2.75, 3.05) is 44.0 Å². The van der Waals surface area contributed by atoms with Gasteiger partial charge in [-0.05, 0) is 55.0 Å². The van der Waals surface area contributed by atoms with E-state index in [4.69, 9.17) is 16.3 Å². The van der Waals surface area contributed by atoms with Crippen LogP contribution in [0.2, 0.25) is 5.02 Å². The molecule has 2 aliphatic heterocycles. The number of halogens is 1. The van der Waals surface area contributed by atoms with Crippen LogP contribution in [0.15, 0.2) is 54.7 Å². The van der Waals surface area contributed by atoms with E-state index in [1.807, 2.05) is 30.1 Å². The molecule has 2 unspecified atom stereocenters. The topological polar surface area (TPSA) is 118 Å². The van der Waals surface area contributed by atoms with E-state index >= 15 is 0 Å². The van der Waals surface area contributed by atoms with Crippen molar-refractivity contribution in [3.8, 4) is 17.0 Å². The Morgan fingerprint density at radius 3 is 2.44 bits per heavy atom. The van der Waals surface area contributed by atoms with Crippen LogP contribution in [0.1, 0.15) is 19.3 Å². The smallest absolute Gasteiger partial charge is 0.323 e. The van der Waals surface area contributed by atoms with Gasteiger partial charge in [-0.3, -0.25) is 19.2 Å². The highest BCUT2D eigenvalue weighted by Gasteiger charge is 2.44. The lowest BCUT2D eigenvalue weighted by Crippen LogP contribution is -2.49. The summed E-state index contributed by atoms with van der Waals surface area (Å²) in [5, 5.41) is 10.5. The average Bonchev–Trinajstić information content (AvgIpc) is 3.69. The summed E-state index contributed by atoms with van der Waals surface area (Å²) in [7, 11) is 3.18. The number of esters is 1. The number of urea groups is 1. The summed E-state index contributed by atoms with van der Waals surface area (Å²) in [6.07, 6.45) is 2.94. The molecule has 3 aromatic rings. The van der Waals surface area contributed by atoms with Gasteiger partial charge in [-0.2, -0.15) is 5.10 Å². The number of aromatic nitrogens is 2. The summed E-state index contributed by atoms with van der Waals surface area (Å²) < 4.78 is 12.7. The third-order valence-corrected chi connectivity index (χ3v) is 7.77. The van der Waals surface area contributed by atoms with Crippen LogP contribution in [0.5, 0.6) is 5.75 Å². The minimum absolute atomic E-state index is 0.00941. The van der Waals surface area contributed by atoms with Crippen molar-refractivity contribution < 1.29 is 23.9 Å². The van der Waals surface area contributed by atoms with Gasteiger partial charge in [0.25, 0.3) is 0 Å². The molecule has 0 saturated carbocycles. The molecule has 0 spiro atoms. The van der Waals surface area contributed by atoms with Crippen LogP contribution in [0.25, 0.3) is 11.3 Å². The summed E-state index contributed by atoms with van der Waals surface area (Å²) in [4.78, 5) is 40.8. The Hall–Kier alpha value is -4.09. The Morgan fingerprint density at radius 1 is 1.00 bits per heavy atom. The summed E-state index contributed by atoms with van der Waals surface area (Å²) in [5.74, 6) is 0.327. The highest BCUT2D eigenvalue weighted by Crippen LogP contribution is 2.34. The van der Waals surface area contributed by atoms with Crippen molar-refractivity contribution in [2.24, 2.45) is 7.05 Å². The molecule has 11 nitrogen and oxygen atoms in total. The summed E-state index contributed by atoms with van der Waals surface area (Å²) in [6.45, 7) is 2.65. The second kappa shape index (κ2) is 12.6. The molecule has 3 amide bonds. The molecule has 5 rings (SSSR count). The number of aryl methyl sites for hydroxylation is 1. The number of hydrogen-bond donors (Lipinski definition) is 2. The molecule has 2 saturated heterocycles. The van der Waals surface area contributed by atoms with Crippen LogP contribution >= 0.6 is 11.6 Å². The largest absolute Gasteiger partial charge is 0.492 e. The maximum Gasteiger partial charge on any atom is 0.323 e. The van der Waals surface area contributed by atoms with E-state index in [2.05, 4.69) is 25.4 Å². The average molecular weight is 581 g/mol. The number of fused-ring (bicyclic) bond motifs is 2. The van der Waals surface area contributed by atoms with Gasteiger partial charge >= 0.3 is 12.0 Å². The van der Waals surface area contributed by atoms with Crippen molar-refractivity contribution in [1.82, 2.24) is 19.6 Å². The molecule has 2 aromatic carbocycles. The normalized spacial score (nSPS) is 17.9. The molecule has 216 valence electrons. The first-order chi connectivity index (χ1) is 19.8.